The van der Waals surface area contributed by atoms with E-state index >= 15 is 0 Å². The van der Waals surface area contributed by atoms with Crippen LogP contribution in [0.2, 0.25) is 0 Å². The maximum absolute atomic E-state index is 2.34. The van der Waals surface area contributed by atoms with Gasteiger partial charge in [0.25, 0.3) is 0 Å². The molecule has 0 atom stereocenters. The van der Waals surface area contributed by atoms with Crippen LogP contribution in [0.3, 0.4) is 0 Å². The highest BCUT2D eigenvalue weighted by atomic mass is 14.1. The minimum Gasteiger partial charge on any atom is -0.0654 e. The van der Waals surface area contributed by atoms with Gasteiger partial charge in [0.1, 0.15) is 0 Å². The van der Waals surface area contributed by atoms with Gasteiger partial charge in [0, 0.05) is 0 Å². The number of aryl methyl sites for hydroxylation is 3. The maximum atomic E-state index is 2.34. The number of unbranched alkanes of at least 4 members (excludes halogenated alkanes) is 10. The van der Waals surface area contributed by atoms with Crippen molar-refractivity contribution in [1.29, 1.82) is 0 Å². The summed E-state index contributed by atoms with van der Waals surface area (Å²) in [6.07, 6.45) is 19.2. The van der Waals surface area contributed by atoms with Gasteiger partial charge in [-0.25, -0.2) is 0 Å². The van der Waals surface area contributed by atoms with Gasteiger partial charge in [-0.15, -0.1) is 0 Å². The van der Waals surface area contributed by atoms with Crippen molar-refractivity contribution in [3.05, 3.63) is 71.3 Å². The zero-order valence-corrected chi connectivity index (χ0v) is 17.6. The summed E-state index contributed by atoms with van der Waals surface area (Å²) in [7, 11) is 0. The Morgan fingerprint density at radius 2 is 0.926 bits per heavy atom. The predicted octanol–water partition coefficient (Wildman–Crippen LogP) is 8.33. The minimum atomic E-state index is 1.15. The van der Waals surface area contributed by atoms with Crippen molar-refractivity contribution in [2.24, 2.45) is 0 Å². The van der Waals surface area contributed by atoms with Crippen molar-refractivity contribution >= 4 is 0 Å². The lowest BCUT2D eigenvalue weighted by molar-refractivity contribution is 0.549. The Bertz CT molecular complexity index is 584. The zero-order chi connectivity index (χ0) is 19.0. The molecule has 0 saturated carbocycles. The molecule has 0 heterocycles. The molecule has 0 amide bonds. The van der Waals surface area contributed by atoms with Gasteiger partial charge in [0.05, 0.1) is 0 Å². The van der Waals surface area contributed by atoms with Gasteiger partial charge >= 0.3 is 0 Å². The summed E-state index contributed by atoms with van der Waals surface area (Å²) in [5, 5.41) is 0. The second-order valence-corrected chi connectivity index (χ2v) is 8.04. The molecule has 0 aliphatic carbocycles. The average molecular weight is 365 g/mol. The van der Waals surface area contributed by atoms with Crippen molar-refractivity contribution in [1.82, 2.24) is 0 Å². The van der Waals surface area contributed by atoms with Gasteiger partial charge in [0.2, 0.25) is 0 Å². The largest absolute Gasteiger partial charge is 0.0654 e. The standard InChI is InChI=1S/C27H40/c1-2-3-4-5-6-7-8-9-10-11-15-20-26-21-16-17-22-27(26)24-23-25-18-13-12-14-19-25/h12-14,16-19,21-22H,2-11,15,20,23-24H2,1H3. The lowest BCUT2D eigenvalue weighted by atomic mass is 9.96. The quantitative estimate of drug-likeness (QED) is 0.279. The summed E-state index contributed by atoms with van der Waals surface area (Å²) in [4.78, 5) is 0. The SMILES string of the molecule is CCCCCCCCCCCCCc1ccccc1CCc1ccccc1. The van der Waals surface area contributed by atoms with E-state index in [0.717, 1.165) is 12.8 Å². The van der Waals surface area contributed by atoms with Crippen LogP contribution in [0.4, 0.5) is 0 Å². The van der Waals surface area contributed by atoms with Gasteiger partial charge in [-0.3, -0.25) is 0 Å². The van der Waals surface area contributed by atoms with Crippen molar-refractivity contribution in [2.75, 3.05) is 0 Å². The molecular formula is C27H40. The Morgan fingerprint density at radius 1 is 0.444 bits per heavy atom. The van der Waals surface area contributed by atoms with Gasteiger partial charge in [-0.2, -0.15) is 0 Å². The van der Waals surface area contributed by atoms with Gasteiger partial charge < -0.3 is 0 Å². The smallest absolute Gasteiger partial charge is 0.0236 e. The summed E-state index contributed by atoms with van der Waals surface area (Å²) in [6.45, 7) is 2.29. The third-order valence-electron chi connectivity index (χ3n) is 5.69. The Hall–Kier alpha value is -1.56. The predicted molar refractivity (Wildman–Crippen MR) is 120 cm³/mol. The highest BCUT2D eigenvalue weighted by Crippen LogP contribution is 2.17. The fourth-order valence-electron chi connectivity index (χ4n) is 3.95. The molecular weight excluding hydrogens is 324 g/mol. The van der Waals surface area contributed by atoms with E-state index in [9.17, 15) is 0 Å². The summed E-state index contributed by atoms with van der Waals surface area (Å²) in [5.74, 6) is 0. The molecule has 0 radical (unpaired) electrons. The van der Waals surface area contributed by atoms with Crippen LogP contribution in [-0.4, -0.2) is 0 Å². The molecule has 0 spiro atoms. The lowest BCUT2D eigenvalue weighted by Crippen LogP contribution is -1.97. The number of hydrogen-bond donors (Lipinski definition) is 0. The van der Waals surface area contributed by atoms with Crippen LogP contribution in [0.15, 0.2) is 54.6 Å². The van der Waals surface area contributed by atoms with E-state index in [1.807, 2.05) is 0 Å². The molecule has 0 fully saturated rings. The first-order chi connectivity index (χ1) is 13.4. The molecule has 0 saturated heterocycles. The van der Waals surface area contributed by atoms with Crippen LogP contribution in [-0.2, 0) is 19.3 Å². The summed E-state index contributed by atoms with van der Waals surface area (Å²) in [6, 6.07) is 20.0. The fraction of sp³-hybridized carbons (Fsp3) is 0.556. The topological polar surface area (TPSA) is 0 Å². The number of hydrogen-bond acceptors (Lipinski definition) is 0. The van der Waals surface area contributed by atoms with Gasteiger partial charge in [0.15, 0.2) is 0 Å². The van der Waals surface area contributed by atoms with Crippen molar-refractivity contribution < 1.29 is 0 Å². The summed E-state index contributed by atoms with van der Waals surface area (Å²) >= 11 is 0. The van der Waals surface area contributed by atoms with Crippen LogP contribution in [0, 0.1) is 0 Å². The van der Waals surface area contributed by atoms with E-state index in [0.29, 0.717) is 0 Å². The highest BCUT2D eigenvalue weighted by Gasteiger charge is 2.03. The molecule has 0 unspecified atom stereocenters. The molecule has 0 aliphatic heterocycles. The lowest BCUT2D eigenvalue weighted by Gasteiger charge is -2.10. The van der Waals surface area contributed by atoms with Crippen LogP contribution >= 0.6 is 0 Å². The van der Waals surface area contributed by atoms with E-state index in [-0.39, 0.29) is 0 Å². The van der Waals surface area contributed by atoms with Crippen molar-refractivity contribution in [3.8, 4) is 0 Å². The van der Waals surface area contributed by atoms with E-state index in [1.54, 1.807) is 11.1 Å². The molecule has 2 aromatic rings. The summed E-state index contributed by atoms with van der Waals surface area (Å²) in [5.41, 5.74) is 4.57. The van der Waals surface area contributed by atoms with Crippen LogP contribution in [0.5, 0.6) is 0 Å². The molecule has 27 heavy (non-hydrogen) atoms. The third kappa shape index (κ3) is 9.80. The van der Waals surface area contributed by atoms with E-state index in [1.165, 1.54) is 82.6 Å². The van der Waals surface area contributed by atoms with E-state index in [4.69, 9.17) is 0 Å². The Kier molecular flexibility index (Phi) is 11.7. The molecule has 0 bridgehead atoms. The monoisotopic (exact) mass is 364 g/mol. The second-order valence-electron chi connectivity index (χ2n) is 8.04. The molecule has 0 aromatic heterocycles. The second kappa shape index (κ2) is 14.5. The molecule has 0 heteroatoms. The van der Waals surface area contributed by atoms with Crippen LogP contribution in [0.1, 0.15) is 94.2 Å². The fourth-order valence-corrected chi connectivity index (χ4v) is 3.95. The first-order valence-corrected chi connectivity index (χ1v) is 11.5. The van der Waals surface area contributed by atoms with Crippen molar-refractivity contribution in [3.63, 3.8) is 0 Å². The molecule has 148 valence electrons. The minimum absolute atomic E-state index is 1.15. The maximum Gasteiger partial charge on any atom is -0.0236 e. The summed E-state index contributed by atoms with van der Waals surface area (Å²) < 4.78 is 0. The normalized spacial score (nSPS) is 11.0. The number of benzene rings is 2. The zero-order valence-electron chi connectivity index (χ0n) is 17.6. The Labute approximate surface area is 168 Å². The van der Waals surface area contributed by atoms with Crippen LogP contribution in [0.25, 0.3) is 0 Å². The highest BCUT2D eigenvalue weighted by molar-refractivity contribution is 5.28. The molecule has 0 nitrogen and oxygen atoms in total. The Balaban J connectivity index is 1.57. The average Bonchev–Trinajstić information content (AvgIpc) is 2.72. The first kappa shape index (κ1) is 21.7. The molecule has 0 aliphatic rings. The van der Waals surface area contributed by atoms with Crippen molar-refractivity contribution in [2.45, 2.75) is 96.8 Å². The molecule has 0 N–H and O–H groups in total. The van der Waals surface area contributed by atoms with E-state index in [2.05, 4.69) is 61.5 Å². The van der Waals surface area contributed by atoms with Crippen LogP contribution < -0.4 is 0 Å². The first-order valence-electron chi connectivity index (χ1n) is 11.5. The Morgan fingerprint density at radius 3 is 1.52 bits per heavy atom. The van der Waals surface area contributed by atoms with Gasteiger partial charge in [-0.1, -0.05) is 126 Å². The number of rotatable bonds is 15. The third-order valence-corrected chi connectivity index (χ3v) is 5.69. The van der Waals surface area contributed by atoms with E-state index < -0.39 is 0 Å². The molecule has 2 aromatic carbocycles. The molecule has 2 rings (SSSR count). The van der Waals surface area contributed by atoms with Gasteiger partial charge in [-0.05, 0) is 42.4 Å².